The van der Waals surface area contributed by atoms with Crippen LogP contribution in [0.1, 0.15) is 28.4 Å². The summed E-state index contributed by atoms with van der Waals surface area (Å²) in [5, 5.41) is 7.93. The molecule has 0 bridgehead atoms. The number of rotatable bonds is 11. The Hall–Kier alpha value is -5.03. The highest BCUT2D eigenvalue weighted by atomic mass is 32.2. The predicted molar refractivity (Wildman–Crippen MR) is 165 cm³/mol. The highest BCUT2D eigenvalue weighted by Crippen LogP contribution is 2.31. The summed E-state index contributed by atoms with van der Waals surface area (Å²) in [5.74, 6) is -0.993. The summed E-state index contributed by atoms with van der Waals surface area (Å²) >= 11 is 1.18. The summed E-state index contributed by atoms with van der Waals surface area (Å²) in [4.78, 5) is 39.3. The Morgan fingerprint density at radius 3 is 2.23 bits per heavy atom. The number of benzene rings is 4. The lowest BCUT2D eigenvalue weighted by Crippen LogP contribution is -2.30. The first-order chi connectivity index (χ1) is 21.1. The lowest BCUT2D eigenvalue weighted by molar-refractivity contribution is -0.137. The molecule has 0 saturated carbocycles. The molecular formula is C33H28F3N3O4S. The minimum absolute atomic E-state index is 0.00396. The van der Waals surface area contributed by atoms with Gasteiger partial charge in [0.1, 0.15) is 11.4 Å². The molecule has 226 valence electrons. The maximum Gasteiger partial charge on any atom is 0.416 e. The summed E-state index contributed by atoms with van der Waals surface area (Å²) < 4.78 is 44.5. The number of hydrogen-bond donors (Lipinski definition) is 3. The molecule has 7 nitrogen and oxygen atoms in total. The van der Waals surface area contributed by atoms with Gasteiger partial charge in [-0.25, -0.2) is 0 Å². The van der Waals surface area contributed by atoms with Crippen molar-refractivity contribution in [3.63, 3.8) is 0 Å². The van der Waals surface area contributed by atoms with Gasteiger partial charge in [-0.3, -0.25) is 14.4 Å². The number of thioether (sulfide) groups is 1. The smallest absolute Gasteiger partial charge is 0.416 e. The molecule has 0 heterocycles. The number of halogens is 3. The maximum atomic E-state index is 13.3. The molecule has 4 aromatic rings. The quantitative estimate of drug-likeness (QED) is 0.122. The van der Waals surface area contributed by atoms with Crippen molar-refractivity contribution in [1.29, 1.82) is 0 Å². The van der Waals surface area contributed by atoms with Gasteiger partial charge in [0.05, 0.1) is 17.9 Å². The third-order valence-electron chi connectivity index (χ3n) is 6.00. The van der Waals surface area contributed by atoms with Crippen LogP contribution in [0, 0.1) is 0 Å². The molecule has 4 rings (SSSR count). The van der Waals surface area contributed by atoms with Gasteiger partial charge in [0.2, 0.25) is 5.91 Å². The normalized spacial score (nSPS) is 11.4. The van der Waals surface area contributed by atoms with Gasteiger partial charge in [-0.1, -0.05) is 42.5 Å². The van der Waals surface area contributed by atoms with E-state index in [1.807, 2.05) is 6.92 Å². The first-order valence-corrected chi connectivity index (χ1v) is 14.4. The topological polar surface area (TPSA) is 96.5 Å². The number of alkyl halides is 3. The first kappa shape index (κ1) is 31.9. The van der Waals surface area contributed by atoms with Gasteiger partial charge in [-0.15, -0.1) is 11.8 Å². The van der Waals surface area contributed by atoms with Crippen LogP contribution in [0.15, 0.2) is 114 Å². The number of nitrogens with one attached hydrogen (secondary N) is 3. The van der Waals surface area contributed by atoms with Crippen molar-refractivity contribution in [1.82, 2.24) is 5.32 Å². The van der Waals surface area contributed by atoms with E-state index in [0.717, 1.165) is 12.1 Å². The lowest BCUT2D eigenvalue weighted by Gasteiger charge is -2.13. The average Bonchev–Trinajstić information content (AvgIpc) is 3.01. The average molecular weight is 620 g/mol. The molecule has 0 radical (unpaired) electrons. The molecule has 0 saturated heterocycles. The summed E-state index contributed by atoms with van der Waals surface area (Å²) in [6.45, 7) is 2.26. The van der Waals surface area contributed by atoms with E-state index >= 15 is 0 Å². The van der Waals surface area contributed by atoms with Gasteiger partial charge in [-0.05, 0) is 73.7 Å². The van der Waals surface area contributed by atoms with E-state index in [2.05, 4.69) is 16.0 Å². The SMILES string of the molecule is CCOc1ccccc1/C=C(\NC(=O)c1ccccc1)C(=O)Nc1ccc(SCC(=O)Nc2cccc(C(F)(F)F)c2)cc1. The molecule has 3 N–H and O–H groups in total. The number of para-hydroxylation sites is 1. The van der Waals surface area contributed by atoms with Crippen LogP contribution in [0.3, 0.4) is 0 Å². The summed E-state index contributed by atoms with van der Waals surface area (Å²) in [6, 6.07) is 26.7. The standard InChI is InChI=1S/C33H28F3N3O4S/c1-2-43-29-14-7-6-11-23(29)19-28(39-31(41)22-9-4-3-5-10-22)32(42)38-25-15-17-27(18-16-25)44-21-30(40)37-26-13-8-12-24(20-26)33(34,35)36/h3-20H,2,21H2,1H3,(H,37,40)(H,38,42)(H,39,41)/b28-19-. The fraction of sp³-hybridized carbons (Fsp3) is 0.121. The van der Waals surface area contributed by atoms with Crippen LogP contribution in [0.2, 0.25) is 0 Å². The van der Waals surface area contributed by atoms with E-state index in [1.165, 1.54) is 30.0 Å². The molecule has 44 heavy (non-hydrogen) atoms. The van der Waals surface area contributed by atoms with E-state index in [4.69, 9.17) is 4.74 Å². The number of anilines is 2. The number of carbonyl (C=O) groups excluding carboxylic acids is 3. The van der Waals surface area contributed by atoms with E-state index < -0.39 is 29.5 Å². The molecular weight excluding hydrogens is 591 g/mol. The molecule has 0 aliphatic carbocycles. The minimum atomic E-state index is -4.51. The molecule has 0 spiro atoms. The Balaban J connectivity index is 1.42. The van der Waals surface area contributed by atoms with Crippen LogP contribution in [0.25, 0.3) is 6.08 Å². The van der Waals surface area contributed by atoms with Crippen LogP contribution in [0.4, 0.5) is 24.5 Å². The number of hydrogen-bond acceptors (Lipinski definition) is 5. The molecule has 0 aliphatic heterocycles. The van der Waals surface area contributed by atoms with Crippen LogP contribution >= 0.6 is 11.8 Å². The Morgan fingerprint density at radius 1 is 0.818 bits per heavy atom. The molecule has 11 heteroatoms. The molecule has 4 aromatic carbocycles. The van der Waals surface area contributed by atoms with E-state index in [0.29, 0.717) is 34.1 Å². The summed E-state index contributed by atoms with van der Waals surface area (Å²) in [6.07, 6.45) is -2.97. The lowest BCUT2D eigenvalue weighted by atomic mass is 10.1. The zero-order chi connectivity index (χ0) is 31.5. The van der Waals surface area contributed by atoms with Crippen LogP contribution in [0.5, 0.6) is 5.75 Å². The third-order valence-corrected chi connectivity index (χ3v) is 7.02. The van der Waals surface area contributed by atoms with E-state index in [9.17, 15) is 27.6 Å². The molecule has 0 unspecified atom stereocenters. The van der Waals surface area contributed by atoms with E-state index in [1.54, 1.807) is 78.9 Å². The minimum Gasteiger partial charge on any atom is -0.493 e. The van der Waals surface area contributed by atoms with Crippen molar-refractivity contribution in [3.8, 4) is 5.75 Å². The second kappa shape index (κ2) is 14.9. The van der Waals surface area contributed by atoms with Crippen molar-refractivity contribution in [2.75, 3.05) is 23.0 Å². The third kappa shape index (κ3) is 9.23. The van der Waals surface area contributed by atoms with Crippen LogP contribution < -0.4 is 20.7 Å². The molecule has 3 amide bonds. The van der Waals surface area contributed by atoms with Crippen LogP contribution in [-0.2, 0) is 15.8 Å². The highest BCUT2D eigenvalue weighted by Gasteiger charge is 2.30. The molecule has 0 fully saturated rings. The Bertz CT molecular complexity index is 1640. The molecule has 0 aromatic heterocycles. The van der Waals surface area contributed by atoms with Gasteiger partial charge >= 0.3 is 6.18 Å². The monoisotopic (exact) mass is 619 g/mol. The van der Waals surface area contributed by atoms with Crippen molar-refractivity contribution in [3.05, 3.63) is 126 Å². The van der Waals surface area contributed by atoms with Crippen molar-refractivity contribution < 1.29 is 32.3 Å². The number of ether oxygens (including phenoxy) is 1. The number of amides is 3. The van der Waals surface area contributed by atoms with Crippen LogP contribution in [-0.4, -0.2) is 30.1 Å². The maximum absolute atomic E-state index is 13.3. The molecule has 0 aliphatic rings. The van der Waals surface area contributed by atoms with Crippen molar-refractivity contribution in [2.24, 2.45) is 0 Å². The summed E-state index contributed by atoms with van der Waals surface area (Å²) in [7, 11) is 0. The zero-order valence-electron chi connectivity index (χ0n) is 23.5. The fourth-order valence-electron chi connectivity index (χ4n) is 3.94. The molecule has 0 atom stereocenters. The van der Waals surface area contributed by atoms with Gasteiger partial charge in [0, 0.05) is 27.4 Å². The van der Waals surface area contributed by atoms with Crippen molar-refractivity contribution in [2.45, 2.75) is 18.0 Å². The fourth-order valence-corrected chi connectivity index (χ4v) is 4.64. The van der Waals surface area contributed by atoms with Gasteiger partial charge < -0.3 is 20.7 Å². The van der Waals surface area contributed by atoms with E-state index in [-0.39, 0.29) is 17.1 Å². The second-order valence-electron chi connectivity index (χ2n) is 9.24. The first-order valence-electron chi connectivity index (χ1n) is 13.4. The number of carbonyl (C=O) groups is 3. The Morgan fingerprint density at radius 2 is 1.52 bits per heavy atom. The zero-order valence-corrected chi connectivity index (χ0v) is 24.3. The highest BCUT2D eigenvalue weighted by molar-refractivity contribution is 8.00. The second-order valence-corrected chi connectivity index (χ2v) is 10.3. The Labute approximate surface area is 256 Å². The van der Waals surface area contributed by atoms with Gasteiger partial charge in [0.25, 0.3) is 11.8 Å². The van der Waals surface area contributed by atoms with Crippen molar-refractivity contribution >= 4 is 46.9 Å². The largest absolute Gasteiger partial charge is 0.493 e. The predicted octanol–water partition coefficient (Wildman–Crippen LogP) is 7.24. The summed E-state index contributed by atoms with van der Waals surface area (Å²) in [5.41, 5.74) is 0.611. The van der Waals surface area contributed by atoms with Gasteiger partial charge in [-0.2, -0.15) is 13.2 Å². The van der Waals surface area contributed by atoms with Gasteiger partial charge in [0.15, 0.2) is 0 Å². The Kier molecular flexibility index (Phi) is 10.8.